The Kier molecular flexibility index (Phi) is 6.91. The highest BCUT2D eigenvalue weighted by Gasteiger charge is 2.21. The number of esters is 1. The predicted octanol–water partition coefficient (Wildman–Crippen LogP) is 5.29. The van der Waals surface area contributed by atoms with Crippen LogP contribution >= 0.6 is 0 Å². The number of carbonyl (C=O) groups is 2. The first-order valence-corrected chi connectivity index (χ1v) is 9.85. The highest BCUT2D eigenvalue weighted by Crippen LogP contribution is 2.32. The van der Waals surface area contributed by atoms with Crippen molar-refractivity contribution in [3.63, 3.8) is 0 Å². The van der Waals surface area contributed by atoms with Crippen LogP contribution in [0.3, 0.4) is 0 Å². The normalized spacial score (nSPS) is 12.0. The number of aryl methyl sites for hydroxylation is 2. The molecule has 3 rings (SSSR count). The quantitative estimate of drug-likeness (QED) is 0.308. The van der Waals surface area contributed by atoms with Gasteiger partial charge in [0.25, 0.3) is 0 Å². The minimum atomic E-state index is -0.393. The summed E-state index contributed by atoms with van der Waals surface area (Å²) in [5.74, 6) is -0.371. The van der Waals surface area contributed by atoms with Crippen molar-refractivity contribution in [3.05, 3.63) is 106 Å². The first-order valence-electron chi connectivity index (χ1n) is 9.85. The topological polar surface area (TPSA) is 56.3 Å². The van der Waals surface area contributed by atoms with Gasteiger partial charge in [-0.3, -0.25) is 9.78 Å². The number of nitrogens with zero attached hydrogens (tertiary/aromatic N) is 1. The van der Waals surface area contributed by atoms with E-state index in [2.05, 4.69) is 28.8 Å². The lowest BCUT2D eigenvalue weighted by molar-refractivity contribution is -0.134. The van der Waals surface area contributed by atoms with E-state index >= 15 is 0 Å². The maximum Gasteiger partial charge on any atom is 0.330 e. The van der Waals surface area contributed by atoms with Gasteiger partial charge in [-0.2, -0.15) is 0 Å². The van der Waals surface area contributed by atoms with Gasteiger partial charge in [-0.1, -0.05) is 48.5 Å². The molecule has 0 bridgehead atoms. The Morgan fingerprint density at radius 1 is 1.03 bits per heavy atom. The van der Waals surface area contributed by atoms with Crippen molar-refractivity contribution in [1.29, 1.82) is 0 Å². The summed E-state index contributed by atoms with van der Waals surface area (Å²) in [6.07, 6.45) is 5.14. The highest BCUT2D eigenvalue weighted by molar-refractivity contribution is 5.97. The van der Waals surface area contributed by atoms with E-state index in [-0.39, 0.29) is 11.7 Å². The fourth-order valence-electron chi connectivity index (χ4n) is 3.48. The summed E-state index contributed by atoms with van der Waals surface area (Å²) < 4.78 is 4.63. The molecule has 0 spiro atoms. The molecule has 152 valence electrons. The van der Waals surface area contributed by atoms with Gasteiger partial charge in [0.1, 0.15) is 0 Å². The third-order valence-corrected chi connectivity index (χ3v) is 5.12. The van der Waals surface area contributed by atoms with E-state index in [0.717, 1.165) is 27.9 Å². The van der Waals surface area contributed by atoms with Crippen LogP contribution in [0.2, 0.25) is 0 Å². The Morgan fingerprint density at radius 3 is 2.43 bits per heavy atom. The zero-order valence-electron chi connectivity index (χ0n) is 17.5. The number of pyridine rings is 1. The van der Waals surface area contributed by atoms with E-state index < -0.39 is 5.97 Å². The molecule has 0 aliphatic heterocycles. The second-order valence-electron chi connectivity index (χ2n) is 7.25. The van der Waals surface area contributed by atoms with Crippen LogP contribution in [-0.2, 0) is 9.53 Å². The molecule has 0 N–H and O–H groups in total. The molecule has 3 aromatic rings. The molecule has 1 aromatic heterocycles. The van der Waals surface area contributed by atoms with Gasteiger partial charge < -0.3 is 4.74 Å². The average Bonchev–Trinajstić information content (AvgIpc) is 2.76. The molecule has 2 aromatic carbocycles. The average molecular weight is 399 g/mol. The number of Topliss-reactive ketones (excluding diaryl/α,β-unsaturated/α-hetero) is 1. The molecule has 1 unspecified atom stereocenters. The zero-order chi connectivity index (χ0) is 21.5. The van der Waals surface area contributed by atoms with Crippen LogP contribution in [0.25, 0.3) is 6.08 Å². The molecular formula is C26H25NO3. The number of ketones is 1. The standard InChI is InChI=1S/C26H25NO3/c1-18-6-4-5-7-23(18)24(17-25(28)22-14-15-27-19(2)16-22)21-11-8-20(9-12-21)10-13-26(29)30-3/h4-16,24H,17H2,1-3H3. The van der Waals surface area contributed by atoms with Gasteiger partial charge in [0, 0.05) is 35.9 Å². The Hall–Kier alpha value is -3.53. The Bertz CT molecular complexity index is 1070. The summed E-state index contributed by atoms with van der Waals surface area (Å²) in [5.41, 5.74) is 5.74. The van der Waals surface area contributed by atoms with Crippen LogP contribution in [0.1, 0.15) is 50.6 Å². The molecule has 1 heterocycles. The van der Waals surface area contributed by atoms with Gasteiger partial charge in [0.15, 0.2) is 5.78 Å². The molecule has 0 saturated heterocycles. The molecule has 1 atom stereocenters. The van der Waals surface area contributed by atoms with Crippen LogP contribution in [0, 0.1) is 13.8 Å². The third-order valence-electron chi connectivity index (χ3n) is 5.12. The molecule has 0 aliphatic carbocycles. The molecular weight excluding hydrogens is 374 g/mol. The smallest absolute Gasteiger partial charge is 0.330 e. The van der Waals surface area contributed by atoms with Crippen LogP contribution in [-0.4, -0.2) is 23.8 Å². The van der Waals surface area contributed by atoms with Crippen molar-refractivity contribution in [1.82, 2.24) is 4.98 Å². The third kappa shape index (κ3) is 5.29. The van der Waals surface area contributed by atoms with E-state index in [1.165, 1.54) is 13.2 Å². The molecule has 0 radical (unpaired) electrons. The highest BCUT2D eigenvalue weighted by atomic mass is 16.5. The lowest BCUT2D eigenvalue weighted by atomic mass is 9.83. The second-order valence-corrected chi connectivity index (χ2v) is 7.25. The molecule has 0 amide bonds. The number of hydrogen-bond donors (Lipinski definition) is 0. The van der Waals surface area contributed by atoms with Crippen molar-refractivity contribution >= 4 is 17.8 Å². The lowest BCUT2D eigenvalue weighted by Crippen LogP contribution is -2.11. The molecule has 0 fully saturated rings. The number of carbonyl (C=O) groups excluding carboxylic acids is 2. The lowest BCUT2D eigenvalue weighted by Gasteiger charge is -2.20. The maximum absolute atomic E-state index is 13.1. The molecule has 30 heavy (non-hydrogen) atoms. The summed E-state index contributed by atoms with van der Waals surface area (Å²) in [6.45, 7) is 3.95. The van der Waals surface area contributed by atoms with Crippen molar-refractivity contribution in [2.75, 3.05) is 7.11 Å². The fraction of sp³-hybridized carbons (Fsp3) is 0.192. The van der Waals surface area contributed by atoms with Crippen LogP contribution < -0.4 is 0 Å². The number of aromatic nitrogens is 1. The Morgan fingerprint density at radius 2 is 1.77 bits per heavy atom. The first kappa shape index (κ1) is 21.2. The number of benzene rings is 2. The Labute approximate surface area is 177 Å². The minimum Gasteiger partial charge on any atom is -0.466 e. The number of hydrogen-bond acceptors (Lipinski definition) is 4. The summed E-state index contributed by atoms with van der Waals surface area (Å²) in [5, 5.41) is 0. The predicted molar refractivity (Wildman–Crippen MR) is 118 cm³/mol. The van der Waals surface area contributed by atoms with E-state index in [4.69, 9.17) is 0 Å². The Balaban J connectivity index is 1.92. The molecule has 0 saturated carbocycles. The fourth-order valence-corrected chi connectivity index (χ4v) is 3.48. The monoisotopic (exact) mass is 399 g/mol. The van der Waals surface area contributed by atoms with Gasteiger partial charge in [0.05, 0.1) is 7.11 Å². The number of methoxy groups -OCH3 is 1. The SMILES string of the molecule is COC(=O)C=Cc1ccc(C(CC(=O)c2ccnc(C)c2)c2ccccc2C)cc1. The summed E-state index contributed by atoms with van der Waals surface area (Å²) in [4.78, 5) is 28.6. The van der Waals surface area contributed by atoms with E-state index in [1.54, 1.807) is 18.3 Å². The summed E-state index contributed by atoms with van der Waals surface area (Å²) in [6, 6.07) is 19.7. The largest absolute Gasteiger partial charge is 0.466 e. The zero-order valence-corrected chi connectivity index (χ0v) is 17.5. The van der Waals surface area contributed by atoms with Gasteiger partial charge in [-0.25, -0.2) is 4.79 Å². The van der Waals surface area contributed by atoms with Gasteiger partial charge in [-0.15, -0.1) is 0 Å². The molecule has 0 aliphatic rings. The number of rotatable bonds is 7. The van der Waals surface area contributed by atoms with Gasteiger partial charge in [-0.05, 0) is 54.3 Å². The molecule has 4 nitrogen and oxygen atoms in total. The van der Waals surface area contributed by atoms with Crippen molar-refractivity contribution in [2.24, 2.45) is 0 Å². The minimum absolute atomic E-state index is 0.0641. The summed E-state index contributed by atoms with van der Waals surface area (Å²) >= 11 is 0. The van der Waals surface area contributed by atoms with Crippen LogP contribution in [0.5, 0.6) is 0 Å². The van der Waals surface area contributed by atoms with E-state index in [9.17, 15) is 9.59 Å². The van der Waals surface area contributed by atoms with Crippen molar-refractivity contribution in [2.45, 2.75) is 26.2 Å². The van der Waals surface area contributed by atoms with Crippen molar-refractivity contribution in [3.8, 4) is 0 Å². The van der Waals surface area contributed by atoms with Gasteiger partial charge in [0.2, 0.25) is 0 Å². The number of ether oxygens (including phenoxy) is 1. The van der Waals surface area contributed by atoms with Crippen molar-refractivity contribution < 1.29 is 14.3 Å². The van der Waals surface area contributed by atoms with E-state index in [1.807, 2.05) is 49.4 Å². The second kappa shape index (κ2) is 9.79. The first-order chi connectivity index (χ1) is 14.5. The van der Waals surface area contributed by atoms with Crippen LogP contribution in [0.15, 0.2) is 72.9 Å². The van der Waals surface area contributed by atoms with E-state index in [0.29, 0.717) is 12.0 Å². The van der Waals surface area contributed by atoms with Gasteiger partial charge >= 0.3 is 5.97 Å². The summed E-state index contributed by atoms with van der Waals surface area (Å²) in [7, 11) is 1.35. The molecule has 4 heteroatoms. The van der Waals surface area contributed by atoms with Crippen LogP contribution in [0.4, 0.5) is 0 Å². The maximum atomic E-state index is 13.1.